The lowest BCUT2D eigenvalue weighted by Gasteiger charge is -2.39. The van der Waals surface area contributed by atoms with Gasteiger partial charge in [-0.2, -0.15) is 0 Å². The Morgan fingerprint density at radius 2 is 2.28 bits per heavy atom. The molecule has 0 aliphatic carbocycles. The van der Waals surface area contributed by atoms with Crippen LogP contribution in [0.2, 0.25) is 5.02 Å². The molecule has 18 heavy (non-hydrogen) atoms. The number of carbonyl (C=O) groups excluding carboxylic acids is 1. The van der Waals surface area contributed by atoms with Crippen LogP contribution in [0.5, 0.6) is 0 Å². The monoisotopic (exact) mass is 265 g/mol. The Kier molecular flexibility index (Phi) is 3.22. The first-order valence-electron chi connectivity index (χ1n) is 6.37. The predicted molar refractivity (Wildman–Crippen MR) is 69.0 cm³/mol. The number of hydrogen-bond acceptors (Lipinski definition) is 3. The zero-order valence-corrected chi connectivity index (χ0v) is 10.9. The molecule has 5 heteroatoms. The molecular weight excluding hydrogens is 250 g/mol. The van der Waals surface area contributed by atoms with Crippen LogP contribution in [0.4, 0.5) is 0 Å². The molecule has 0 spiro atoms. The van der Waals surface area contributed by atoms with Crippen molar-refractivity contribution in [1.82, 2.24) is 14.8 Å². The molecule has 0 radical (unpaired) electrons. The summed E-state index contributed by atoms with van der Waals surface area (Å²) in [5.41, 5.74) is 1.11. The van der Waals surface area contributed by atoms with Crippen molar-refractivity contribution < 1.29 is 4.79 Å². The summed E-state index contributed by atoms with van der Waals surface area (Å²) in [7, 11) is 0. The van der Waals surface area contributed by atoms with Crippen molar-refractivity contribution in [3.63, 3.8) is 0 Å². The van der Waals surface area contributed by atoms with Gasteiger partial charge in [-0.25, -0.2) is 0 Å². The summed E-state index contributed by atoms with van der Waals surface area (Å²) < 4.78 is 0. The van der Waals surface area contributed by atoms with Crippen LogP contribution in [0, 0.1) is 0 Å². The van der Waals surface area contributed by atoms with E-state index in [1.54, 1.807) is 6.20 Å². The van der Waals surface area contributed by atoms with E-state index in [2.05, 4.69) is 9.88 Å². The van der Waals surface area contributed by atoms with Crippen LogP contribution < -0.4 is 0 Å². The highest BCUT2D eigenvalue weighted by molar-refractivity contribution is 6.30. The number of nitrogens with zero attached hydrogens (tertiary/aromatic N) is 3. The number of hydrogen-bond donors (Lipinski definition) is 0. The van der Waals surface area contributed by atoms with E-state index in [0.29, 0.717) is 17.4 Å². The third kappa shape index (κ3) is 2.22. The Morgan fingerprint density at radius 3 is 3.11 bits per heavy atom. The number of aromatic nitrogens is 1. The predicted octanol–water partition coefficient (Wildman–Crippen LogP) is 1.89. The summed E-state index contributed by atoms with van der Waals surface area (Å²) in [6.45, 7) is 2.57. The normalized spacial score (nSPS) is 24.4. The van der Waals surface area contributed by atoms with Crippen molar-refractivity contribution in [2.45, 2.75) is 32.0 Å². The molecule has 2 aliphatic rings. The van der Waals surface area contributed by atoms with Gasteiger partial charge >= 0.3 is 0 Å². The Morgan fingerprint density at radius 1 is 1.39 bits per heavy atom. The molecule has 3 rings (SSSR count). The minimum absolute atomic E-state index is 0.283. The Labute approximate surface area is 112 Å². The third-order valence-corrected chi connectivity index (χ3v) is 3.93. The van der Waals surface area contributed by atoms with Crippen LogP contribution >= 0.6 is 11.6 Å². The molecule has 1 amide bonds. The van der Waals surface area contributed by atoms with Gasteiger partial charge in [-0.1, -0.05) is 11.6 Å². The van der Waals surface area contributed by atoms with Crippen molar-refractivity contribution in [3.8, 4) is 0 Å². The van der Waals surface area contributed by atoms with E-state index in [0.717, 1.165) is 38.0 Å². The van der Waals surface area contributed by atoms with E-state index in [1.165, 1.54) is 0 Å². The number of carbonyl (C=O) groups is 1. The molecule has 0 bridgehead atoms. The molecule has 2 aliphatic heterocycles. The van der Waals surface area contributed by atoms with Gasteiger partial charge in [-0.05, 0) is 24.5 Å². The third-order valence-electron chi connectivity index (χ3n) is 3.72. The van der Waals surface area contributed by atoms with Crippen LogP contribution in [0.1, 0.15) is 24.8 Å². The lowest BCUT2D eigenvalue weighted by molar-refractivity contribution is -0.141. The highest BCUT2D eigenvalue weighted by Gasteiger charge is 2.36. The lowest BCUT2D eigenvalue weighted by Crippen LogP contribution is -2.52. The average molecular weight is 266 g/mol. The molecule has 1 aromatic rings. The molecular formula is C13H16ClN3O. The first kappa shape index (κ1) is 11.9. The molecule has 2 fully saturated rings. The SMILES string of the molecule is O=C1CCN(Cc2cncc(Cl)c2)C2CCCN12. The first-order chi connectivity index (χ1) is 8.74. The van der Waals surface area contributed by atoms with Gasteiger partial charge in [0.05, 0.1) is 11.2 Å². The van der Waals surface area contributed by atoms with E-state index >= 15 is 0 Å². The van der Waals surface area contributed by atoms with Gasteiger partial charge in [0.2, 0.25) is 5.91 Å². The van der Waals surface area contributed by atoms with E-state index in [4.69, 9.17) is 11.6 Å². The molecule has 3 heterocycles. The minimum atomic E-state index is 0.283. The Hall–Kier alpha value is -1.13. The van der Waals surface area contributed by atoms with Gasteiger partial charge in [0.1, 0.15) is 0 Å². The maximum Gasteiger partial charge on any atom is 0.225 e. The van der Waals surface area contributed by atoms with Crippen LogP contribution in [0.3, 0.4) is 0 Å². The fourth-order valence-corrected chi connectivity index (χ4v) is 3.11. The standard InChI is InChI=1S/C13H16ClN3O/c14-11-6-10(7-15-8-11)9-16-5-3-13(18)17-4-1-2-12(16)17/h6-8,12H,1-5,9H2. The van der Waals surface area contributed by atoms with E-state index < -0.39 is 0 Å². The topological polar surface area (TPSA) is 36.4 Å². The largest absolute Gasteiger partial charge is 0.327 e. The summed E-state index contributed by atoms with van der Waals surface area (Å²) in [6.07, 6.45) is 6.60. The second-order valence-corrected chi connectivity index (χ2v) is 5.38. The van der Waals surface area contributed by atoms with Crippen LogP contribution in [-0.2, 0) is 11.3 Å². The Balaban J connectivity index is 1.74. The highest BCUT2D eigenvalue weighted by Crippen LogP contribution is 2.27. The molecule has 1 unspecified atom stereocenters. The molecule has 96 valence electrons. The number of halogens is 1. The van der Waals surface area contributed by atoms with Crippen LogP contribution in [0.15, 0.2) is 18.5 Å². The van der Waals surface area contributed by atoms with Crippen molar-refractivity contribution >= 4 is 17.5 Å². The van der Waals surface area contributed by atoms with Gasteiger partial charge in [0.25, 0.3) is 0 Å². The zero-order chi connectivity index (χ0) is 12.5. The first-order valence-corrected chi connectivity index (χ1v) is 6.75. The van der Waals surface area contributed by atoms with Gasteiger partial charge in [-0.15, -0.1) is 0 Å². The molecule has 2 saturated heterocycles. The maximum absolute atomic E-state index is 11.8. The second-order valence-electron chi connectivity index (χ2n) is 4.94. The van der Waals surface area contributed by atoms with Crippen LogP contribution in [0.25, 0.3) is 0 Å². The van der Waals surface area contributed by atoms with Crippen molar-refractivity contribution in [2.24, 2.45) is 0 Å². The number of fused-ring (bicyclic) bond motifs is 1. The van der Waals surface area contributed by atoms with Gasteiger partial charge in [0, 0.05) is 38.4 Å². The van der Waals surface area contributed by atoms with Crippen molar-refractivity contribution in [2.75, 3.05) is 13.1 Å². The minimum Gasteiger partial charge on any atom is -0.327 e. The summed E-state index contributed by atoms with van der Waals surface area (Å²) in [6, 6.07) is 1.95. The zero-order valence-electron chi connectivity index (χ0n) is 10.2. The highest BCUT2D eigenvalue weighted by atomic mass is 35.5. The Bertz CT molecular complexity index is 465. The molecule has 0 N–H and O–H groups in total. The van der Waals surface area contributed by atoms with Crippen molar-refractivity contribution in [3.05, 3.63) is 29.0 Å². The molecule has 1 aromatic heterocycles. The molecule has 0 saturated carbocycles. The van der Waals surface area contributed by atoms with Gasteiger partial charge in [-0.3, -0.25) is 14.7 Å². The lowest BCUT2D eigenvalue weighted by atomic mass is 10.1. The van der Waals surface area contributed by atoms with Gasteiger partial charge in [0.15, 0.2) is 0 Å². The summed E-state index contributed by atoms with van der Waals surface area (Å²) >= 11 is 5.95. The van der Waals surface area contributed by atoms with Crippen LogP contribution in [-0.4, -0.2) is 39.9 Å². The number of rotatable bonds is 2. The average Bonchev–Trinajstić information content (AvgIpc) is 2.83. The van der Waals surface area contributed by atoms with Gasteiger partial charge < -0.3 is 4.90 Å². The van der Waals surface area contributed by atoms with Crippen molar-refractivity contribution in [1.29, 1.82) is 0 Å². The smallest absolute Gasteiger partial charge is 0.225 e. The second kappa shape index (κ2) is 4.86. The summed E-state index contributed by atoms with van der Waals surface area (Å²) in [5, 5.41) is 0.670. The van der Waals surface area contributed by atoms with E-state index in [-0.39, 0.29) is 6.17 Å². The number of amides is 1. The molecule has 0 aromatic carbocycles. The fraction of sp³-hybridized carbons (Fsp3) is 0.538. The van der Waals surface area contributed by atoms with E-state index in [9.17, 15) is 4.79 Å². The van der Waals surface area contributed by atoms with E-state index in [1.807, 2.05) is 17.2 Å². The fourth-order valence-electron chi connectivity index (χ4n) is 2.91. The molecule has 1 atom stereocenters. The summed E-state index contributed by atoms with van der Waals surface area (Å²) in [4.78, 5) is 20.3. The summed E-state index contributed by atoms with van der Waals surface area (Å²) in [5.74, 6) is 0.304. The number of pyridine rings is 1. The maximum atomic E-state index is 11.8. The molecule has 4 nitrogen and oxygen atoms in total. The quantitative estimate of drug-likeness (QED) is 0.819.